The minimum Gasteiger partial charge on any atom is -0.310 e. The minimum absolute atomic E-state index is 0.493. The summed E-state index contributed by atoms with van der Waals surface area (Å²) in [4.78, 5) is 2.51. The summed E-state index contributed by atoms with van der Waals surface area (Å²) in [6.07, 6.45) is 0. The second-order valence-corrected chi connectivity index (χ2v) is 19.0. The average molecular weight is 861 g/mol. The van der Waals surface area contributed by atoms with Gasteiger partial charge in [-0.1, -0.05) is 194 Å². The number of para-hydroxylation sites is 4. The molecule has 314 valence electrons. The molecule has 1 aliphatic heterocycles. The van der Waals surface area contributed by atoms with Crippen molar-refractivity contribution in [2.45, 2.75) is 10.8 Å². The smallest absolute Gasteiger partial charge is 0.0755 e. The van der Waals surface area contributed by atoms with Crippen molar-refractivity contribution in [3.8, 4) is 39.1 Å². The maximum atomic E-state index is 2.53. The molecular weight excluding hydrogens is 821 g/mol. The van der Waals surface area contributed by atoms with E-state index in [4.69, 9.17) is 0 Å². The number of benzene rings is 11. The van der Waals surface area contributed by atoms with Crippen LogP contribution in [0.4, 0.5) is 17.1 Å². The van der Waals surface area contributed by atoms with Crippen molar-refractivity contribution < 1.29 is 0 Å². The first-order chi connectivity index (χ1) is 33.8. The van der Waals surface area contributed by atoms with Gasteiger partial charge in [0.25, 0.3) is 0 Å². The van der Waals surface area contributed by atoms with Crippen LogP contribution in [0.25, 0.3) is 71.6 Å². The van der Waals surface area contributed by atoms with E-state index < -0.39 is 10.8 Å². The van der Waals surface area contributed by atoms with E-state index in [-0.39, 0.29) is 0 Å². The molecule has 0 radical (unpaired) electrons. The van der Waals surface area contributed by atoms with Crippen LogP contribution in [0, 0.1) is 0 Å². The van der Waals surface area contributed by atoms with E-state index in [1.54, 1.807) is 0 Å². The van der Waals surface area contributed by atoms with E-state index >= 15 is 0 Å². The summed E-state index contributed by atoms with van der Waals surface area (Å²) < 4.78 is 2.53. The first kappa shape index (κ1) is 36.5. The molecule has 2 spiro atoms. The Hall–Kier alpha value is -8.72. The lowest BCUT2D eigenvalue weighted by Crippen LogP contribution is -2.33. The lowest BCUT2D eigenvalue weighted by Gasteiger charge is -2.40. The van der Waals surface area contributed by atoms with Gasteiger partial charge >= 0.3 is 0 Å². The quantitative estimate of drug-likeness (QED) is 0.172. The lowest BCUT2D eigenvalue weighted by molar-refractivity contribution is 0.748. The Labute approximate surface area is 394 Å². The van der Waals surface area contributed by atoms with Crippen LogP contribution in [0.15, 0.2) is 243 Å². The fourth-order valence-electron chi connectivity index (χ4n) is 13.7. The minimum atomic E-state index is -0.563. The van der Waals surface area contributed by atoms with Crippen molar-refractivity contribution in [1.29, 1.82) is 0 Å². The fourth-order valence-corrected chi connectivity index (χ4v) is 13.7. The second-order valence-electron chi connectivity index (χ2n) is 19.0. The number of fused-ring (bicyclic) bond motifs is 24. The zero-order chi connectivity index (χ0) is 44.3. The predicted octanol–water partition coefficient (Wildman–Crippen LogP) is 16.4. The maximum absolute atomic E-state index is 2.53. The molecule has 68 heavy (non-hydrogen) atoms. The van der Waals surface area contributed by atoms with Crippen molar-refractivity contribution in [3.63, 3.8) is 0 Å². The van der Waals surface area contributed by atoms with E-state index in [2.05, 4.69) is 252 Å². The van der Waals surface area contributed by atoms with Crippen LogP contribution >= 0.6 is 0 Å². The highest BCUT2D eigenvalue weighted by Gasteiger charge is 2.53. The normalized spacial score (nSPS) is 15.8. The molecule has 3 aliphatic carbocycles. The number of aromatic nitrogens is 1. The summed E-state index contributed by atoms with van der Waals surface area (Å²) in [6.45, 7) is 0. The van der Waals surface area contributed by atoms with Crippen LogP contribution in [0.3, 0.4) is 0 Å². The second kappa shape index (κ2) is 13.0. The molecule has 2 heterocycles. The Morgan fingerprint density at radius 1 is 0.294 bits per heavy atom. The summed E-state index contributed by atoms with van der Waals surface area (Å²) in [6, 6.07) is 91.8. The first-order valence-corrected chi connectivity index (χ1v) is 23.8. The van der Waals surface area contributed by atoms with Crippen molar-refractivity contribution in [2.75, 3.05) is 4.90 Å². The van der Waals surface area contributed by atoms with Crippen LogP contribution in [0.5, 0.6) is 0 Å². The Morgan fingerprint density at radius 2 is 0.809 bits per heavy atom. The van der Waals surface area contributed by atoms with Crippen molar-refractivity contribution in [2.24, 2.45) is 0 Å². The number of hydrogen-bond donors (Lipinski definition) is 0. The third-order valence-electron chi connectivity index (χ3n) is 16.2. The first-order valence-electron chi connectivity index (χ1n) is 23.8. The number of rotatable bonds is 3. The zero-order valence-corrected chi connectivity index (χ0v) is 37.0. The molecule has 0 fully saturated rings. The summed E-state index contributed by atoms with van der Waals surface area (Å²) in [5.74, 6) is 0. The molecule has 11 aromatic carbocycles. The van der Waals surface area contributed by atoms with Crippen LogP contribution < -0.4 is 4.90 Å². The van der Waals surface area contributed by atoms with E-state index in [9.17, 15) is 0 Å². The third kappa shape index (κ3) is 4.26. The molecule has 0 bridgehead atoms. The van der Waals surface area contributed by atoms with Gasteiger partial charge in [-0.3, -0.25) is 0 Å². The molecule has 0 saturated heterocycles. The molecular formula is C66H40N2. The summed E-state index contributed by atoms with van der Waals surface area (Å²) in [5, 5.41) is 5.12. The predicted molar refractivity (Wildman–Crippen MR) is 280 cm³/mol. The molecule has 0 amide bonds. The molecule has 2 nitrogen and oxygen atoms in total. The highest BCUT2D eigenvalue weighted by atomic mass is 15.1. The van der Waals surface area contributed by atoms with Gasteiger partial charge in [0.2, 0.25) is 0 Å². The molecule has 4 aliphatic rings. The van der Waals surface area contributed by atoms with Gasteiger partial charge in [-0.2, -0.15) is 0 Å². The number of nitrogens with zero attached hydrogens (tertiary/aromatic N) is 2. The largest absolute Gasteiger partial charge is 0.310 e. The molecule has 1 unspecified atom stereocenters. The van der Waals surface area contributed by atoms with Gasteiger partial charge in [-0.05, 0) is 137 Å². The Balaban J connectivity index is 0.987. The van der Waals surface area contributed by atoms with Crippen molar-refractivity contribution in [1.82, 2.24) is 4.57 Å². The van der Waals surface area contributed by atoms with Gasteiger partial charge in [0.1, 0.15) is 0 Å². The number of anilines is 3. The lowest BCUT2D eigenvalue weighted by atomic mass is 9.65. The van der Waals surface area contributed by atoms with Gasteiger partial charge in [0.05, 0.1) is 27.6 Å². The summed E-state index contributed by atoms with van der Waals surface area (Å²) in [7, 11) is 0. The van der Waals surface area contributed by atoms with Crippen LogP contribution in [-0.2, 0) is 10.8 Å². The standard InChI is InChI=1S/C66H40N2/c1-2-18-42(19-3-1)67(44-35-37-52-60(40-44)65(57-38-33-41-17-4-5-20-45(41)63(52)57)53-26-10-6-21-46(53)47-22-7-11-27-54(47)65)43-34-36-49-48-23-8-12-28-55(48)66(59(49)39-43)56-29-13-15-32-62(56)68-61-31-14-9-24-50(61)51-25-16-30-58(66)64(51)68/h1-40H. The van der Waals surface area contributed by atoms with Crippen LogP contribution in [-0.4, -0.2) is 4.57 Å². The Bertz CT molecular complexity index is 4130. The molecule has 1 atom stereocenters. The highest BCUT2D eigenvalue weighted by Crippen LogP contribution is 2.65. The molecule has 0 N–H and O–H groups in total. The Morgan fingerprint density at radius 3 is 1.53 bits per heavy atom. The van der Waals surface area contributed by atoms with Gasteiger partial charge < -0.3 is 9.47 Å². The van der Waals surface area contributed by atoms with E-state index in [1.807, 2.05) is 0 Å². The van der Waals surface area contributed by atoms with Gasteiger partial charge in [-0.15, -0.1) is 0 Å². The van der Waals surface area contributed by atoms with E-state index in [1.165, 1.54) is 116 Å². The summed E-state index contributed by atoms with van der Waals surface area (Å²) >= 11 is 0. The maximum Gasteiger partial charge on any atom is 0.0755 e. The highest BCUT2D eigenvalue weighted by molar-refractivity contribution is 6.13. The molecule has 1 aromatic heterocycles. The molecule has 2 heteroatoms. The van der Waals surface area contributed by atoms with Crippen molar-refractivity contribution in [3.05, 3.63) is 287 Å². The van der Waals surface area contributed by atoms with Crippen molar-refractivity contribution >= 4 is 49.6 Å². The Kier molecular flexibility index (Phi) is 6.98. The van der Waals surface area contributed by atoms with E-state index in [0.29, 0.717) is 0 Å². The third-order valence-corrected chi connectivity index (χ3v) is 16.2. The fraction of sp³-hybridized carbons (Fsp3) is 0.0303. The van der Waals surface area contributed by atoms with Gasteiger partial charge in [0, 0.05) is 27.8 Å². The topological polar surface area (TPSA) is 8.17 Å². The SMILES string of the molecule is c1ccc(N(c2ccc3c(c2)C2(c4ccccc4-c4ccccc42)c2ccc4ccccc4c2-3)c2ccc3c(c2)C2(c4ccccc4-3)c3ccccc3-n3c4ccccc4c4cccc2c43)cc1. The number of hydrogen-bond acceptors (Lipinski definition) is 1. The molecule has 0 saturated carbocycles. The van der Waals surface area contributed by atoms with Crippen LogP contribution in [0.2, 0.25) is 0 Å². The van der Waals surface area contributed by atoms with Crippen LogP contribution in [0.1, 0.15) is 44.5 Å². The summed E-state index contributed by atoms with van der Waals surface area (Å²) in [5.41, 5.74) is 24.5. The zero-order valence-electron chi connectivity index (χ0n) is 37.0. The monoisotopic (exact) mass is 860 g/mol. The average Bonchev–Trinajstić information content (AvgIpc) is 4.10. The molecule has 16 rings (SSSR count). The van der Waals surface area contributed by atoms with Gasteiger partial charge in [-0.25, -0.2) is 0 Å². The van der Waals surface area contributed by atoms with E-state index in [0.717, 1.165) is 17.1 Å². The van der Waals surface area contributed by atoms with Gasteiger partial charge in [0.15, 0.2) is 0 Å². The molecule has 12 aromatic rings.